The molecule has 10 nitrogen and oxygen atoms in total. The molecule has 0 fully saturated rings. The van der Waals surface area contributed by atoms with Crippen LogP contribution in [-0.4, -0.2) is 36.2 Å². The molecule has 3 aromatic carbocycles. The summed E-state index contributed by atoms with van der Waals surface area (Å²) < 4.78 is 66.1. The van der Waals surface area contributed by atoms with Crippen LogP contribution in [0.15, 0.2) is 62.5 Å². The SMILES string of the molecule is Cc1ccc(N=Nc2c(S(=O)(=O)O)cc3cccc(S(=O)(=O)O)c3c2O)c(CO)c1. The smallest absolute Gasteiger partial charge is 0.296 e. The molecule has 3 rings (SSSR count). The van der Waals surface area contributed by atoms with Crippen molar-refractivity contribution >= 4 is 42.4 Å². The Hall–Kier alpha value is -2.90. The molecule has 158 valence electrons. The molecular formula is C18H16N2O8S2. The summed E-state index contributed by atoms with van der Waals surface area (Å²) in [6.45, 7) is 1.39. The van der Waals surface area contributed by atoms with Crippen molar-refractivity contribution in [2.45, 2.75) is 23.3 Å². The van der Waals surface area contributed by atoms with Crippen LogP contribution in [0, 0.1) is 6.92 Å². The van der Waals surface area contributed by atoms with Crippen LogP contribution in [0.3, 0.4) is 0 Å². The summed E-state index contributed by atoms with van der Waals surface area (Å²) in [4.78, 5) is -1.50. The van der Waals surface area contributed by atoms with Gasteiger partial charge in [-0.1, -0.05) is 29.8 Å². The Labute approximate surface area is 171 Å². The van der Waals surface area contributed by atoms with Gasteiger partial charge in [-0.2, -0.15) is 21.9 Å². The maximum absolute atomic E-state index is 11.8. The molecule has 4 N–H and O–H groups in total. The van der Waals surface area contributed by atoms with Crippen molar-refractivity contribution in [2.75, 3.05) is 0 Å². The van der Waals surface area contributed by atoms with Gasteiger partial charge in [0, 0.05) is 10.9 Å². The number of azo groups is 1. The van der Waals surface area contributed by atoms with Gasteiger partial charge in [-0.05, 0) is 30.5 Å². The molecule has 0 atom stereocenters. The van der Waals surface area contributed by atoms with Gasteiger partial charge in [0.05, 0.1) is 12.3 Å². The molecule has 0 aliphatic carbocycles. The minimum atomic E-state index is -4.90. The van der Waals surface area contributed by atoms with Crippen molar-refractivity contribution in [2.24, 2.45) is 10.2 Å². The average Bonchev–Trinajstić information content (AvgIpc) is 2.65. The Kier molecular flexibility index (Phi) is 5.62. The molecule has 0 saturated carbocycles. The number of benzene rings is 3. The molecule has 3 aromatic rings. The molecule has 0 aliphatic heterocycles. The van der Waals surface area contributed by atoms with Gasteiger partial charge in [0.2, 0.25) is 0 Å². The lowest BCUT2D eigenvalue weighted by Gasteiger charge is -2.11. The van der Waals surface area contributed by atoms with Gasteiger partial charge >= 0.3 is 0 Å². The van der Waals surface area contributed by atoms with Crippen LogP contribution in [0.2, 0.25) is 0 Å². The number of hydrogen-bond donors (Lipinski definition) is 4. The van der Waals surface area contributed by atoms with Gasteiger partial charge in [0.15, 0.2) is 5.75 Å². The molecule has 0 heterocycles. The number of aromatic hydroxyl groups is 1. The summed E-state index contributed by atoms with van der Waals surface area (Å²) in [6, 6.07) is 9.19. The Balaban J connectivity index is 2.36. The molecule has 0 amide bonds. The molecule has 0 spiro atoms. The number of aliphatic hydroxyl groups is 1. The van der Waals surface area contributed by atoms with E-state index in [1.54, 1.807) is 19.1 Å². The maximum atomic E-state index is 11.8. The van der Waals surface area contributed by atoms with Gasteiger partial charge in [0.1, 0.15) is 15.5 Å². The number of hydrogen-bond acceptors (Lipinski definition) is 8. The van der Waals surface area contributed by atoms with Crippen LogP contribution in [0.1, 0.15) is 11.1 Å². The number of fused-ring (bicyclic) bond motifs is 1. The minimum Gasteiger partial charge on any atom is -0.505 e. The quantitative estimate of drug-likeness (QED) is 0.337. The fourth-order valence-corrected chi connectivity index (χ4v) is 4.30. The van der Waals surface area contributed by atoms with Gasteiger partial charge in [-0.3, -0.25) is 9.11 Å². The van der Waals surface area contributed by atoms with E-state index in [4.69, 9.17) is 0 Å². The molecule has 30 heavy (non-hydrogen) atoms. The highest BCUT2D eigenvalue weighted by molar-refractivity contribution is 7.86. The highest BCUT2D eigenvalue weighted by atomic mass is 32.2. The van der Waals surface area contributed by atoms with E-state index in [1.807, 2.05) is 0 Å². The van der Waals surface area contributed by atoms with Gasteiger partial charge in [-0.25, -0.2) is 0 Å². The molecule has 12 heteroatoms. The Morgan fingerprint density at radius 1 is 0.900 bits per heavy atom. The lowest BCUT2D eigenvalue weighted by atomic mass is 10.1. The highest BCUT2D eigenvalue weighted by Crippen LogP contribution is 2.43. The predicted molar refractivity (Wildman–Crippen MR) is 107 cm³/mol. The number of phenolic OH excluding ortho intramolecular Hbond substituents is 1. The van der Waals surface area contributed by atoms with Crippen LogP contribution in [0.4, 0.5) is 11.4 Å². The number of phenols is 1. The summed E-state index contributed by atoms with van der Waals surface area (Å²) in [5.74, 6) is -0.922. The third-order valence-corrected chi connectivity index (χ3v) is 6.02. The molecular weight excluding hydrogens is 436 g/mol. The van der Waals surface area contributed by atoms with Crippen LogP contribution in [-0.2, 0) is 26.8 Å². The number of nitrogens with zero attached hydrogens (tertiary/aromatic N) is 2. The van der Waals surface area contributed by atoms with Gasteiger partial charge < -0.3 is 10.2 Å². The van der Waals surface area contributed by atoms with E-state index in [0.29, 0.717) is 5.56 Å². The minimum absolute atomic E-state index is 0.0828. The van der Waals surface area contributed by atoms with E-state index in [0.717, 1.165) is 17.7 Å². The molecule has 0 aromatic heterocycles. The fraction of sp³-hybridized carbons (Fsp3) is 0.111. The van der Waals surface area contributed by atoms with Crippen molar-refractivity contribution < 1.29 is 36.2 Å². The van der Waals surface area contributed by atoms with E-state index in [9.17, 15) is 36.2 Å². The van der Waals surface area contributed by atoms with Gasteiger partial charge in [0.25, 0.3) is 20.2 Å². The molecule has 0 radical (unpaired) electrons. The number of rotatable bonds is 5. The zero-order valence-electron chi connectivity index (χ0n) is 15.4. The molecule has 0 aliphatic rings. The zero-order chi connectivity index (χ0) is 22.3. The van der Waals surface area contributed by atoms with Crippen LogP contribution < -0.4 is 0 Å². The third-order valence-electron chi connectivity index (χ3n) is 4.26. The Morgan fingerprint density at radius 2 is 1.57 bits per heavy atom. The predicted octanol–water partition coefficient (Wildman–Crippen LogP) is 3.25. The van der Waals surface area contributed by atoms with Crippen molar-refractivity contribution in [3.8, 4) is 5.75 Å². The van der Waals surface area contributed by atoms with Crippen molar-refractivity contribution in [3.05, 3.63) is 53.6 Å². The lowest BCUT2D eigenvalue weighted by Crippen LogP contribution is -2.02. The largest absolute Gasteiger partial charge is 0.505 e. The summed E-state index contributed by atoms with van der Waals surface area (Å²) in [6.07, 6.45) is 0. The van der Waals surface area contributed by atoms with E-state index < -0.39 is 53.5 Å². The van der Waals surface area contributed by atoms with E-state index in [-0.39, 0.29) is 11.1 Å². The second kappa shape index (κ2) is 7.74. The first-order valence-electron chi connectivity index (χ1n) is 8.29. The van der Waals surface area contributed by atoms with Gasteiger partial charge in [-0.15, -0.1) is 5.11 Å². The van der Waals surface area contributed by atoms with E-state index >= 15 is 0 Å². The standard InChI is InChI=1S/C18H16N2O8S2/c1-10-5-6-13(12(7-10)9-21)19-20-17-15(30(26,27)28)8-11-3-2-4-14(29(23,24)25)16(11)18(17)22/h2-8,21-22H,9H2,1H3,(H,23,24,25)(H,26,27,28). The number of aliphatic hydroxyl groups excluding tert-OH is 1. The first kappa shape index (κ1) is 21.8. The summed E-state index contributed by atoms with van der Waals surface area (Å²) in [7, 11) is -9.67. The fourth-order valence-electron chi connectivity index (χ4n) is 2.92. The second-order valence-corrected chi connectivity index (χ2v) is 9.15. The molecule has 0 unspecified atom stereocenters. The Bertz CT molecular complexity index is 1400. The van der Waals surface area contributed by atoms with E-state index in [1.165, 1.54) is 18.2 Å². The first-order chi connectivity index (χ1) is 13.9. The summed E-state index contributed by atoms with van der Waals surface area (Å²) in [5, 5.41) is 27.2. The summed E-state index contributed by atoms with van der Waals surface area (Å²) in [5.41, 5.74) is 0.617. The van der Waals surface area contributed by atoms with Crippen LogP contribution in [0.5, 0.6) is 5.75 Å². The van der Waals surface area contributed by atoms with E-state index in [2.05, 4.69) is 10.2 Å². The zero-order valence-corrected chi connectivity index (χ0v) is 17.0. The normalized spacial score (nSPS) is 12.7. The monoisotopic (exact) mass is 452 g/mol. The third kappa shape index (κ3) is 4.17. The maximum Gasteiger partial charge on any atom is 0.296 e. The molecule has 0 bridgehead atoms. The average molecular weight is 452 g/mol. The second-order valence-electron chi connectivity index (χ2n) is 6.37. The van der Waals surface area contributed by atoms with Crippen molar-refractivity contribution in [1.82, 2.24) is 0 Å². The van der Waals surface area contributed by atoms with Crippen LogP contribution >= 0.6 is 0 Å². The highest BCUT2D eigenvalue weighted by Gasteiger charge is 2.26. The van der Waals surface area contributed by atoms with Crippen molar-refractivity contribution in [1.29, 1.82) is 0 Å². The topological polar surface area (TPSA) is 174 Å². The van der Waals surface area contributed by atoms with Crippen molar-refractivity contribution in [3.63, 3.8) is 0 Å². The lowest BCUT2D eigenvalue weighted by molar-refractivity contribution is 0.282. The summed E-state index contributed by atoms with van der Waals surface area (Å²) >= 11 is 0. The number of aryl methyl sites for hydroxylation is 1. The Morgan fingerprint density at radius 3 is 2.17 bits per heavy atom. The van der Waals surface area contributed by atoms with Crippen LogP contribution in [0.25, 0.3) is 10.8 Å². The molecule has 0 saturated heterocycles. The first-order valence-corrected chi connectivity index (χ1v) is 11.2.